The van der Waals surface area contributed by atoms with Crippen LogP contribution in [0.3, 0.4) is 0 Å². The molecule has 0 aliphatic carbocycles. The highest BCUT2D eigenvalue weighted by atomic mass is 32.1. The highest BCUT2D eigenvalue weighted by molar-refractivity contribution is 7.16. The fourth-order valence-corrected chi connectivity index (χ4v) is 4.32. The van der Waals surface area contributed by atoms with Gasteiger partial charge in [-0.1, -0.05) is 66.7 Å². The van der Waals surface area contributed by atoms with E-state index in [4.69, 9.17) is 4.98 Å². The summed E-state index contributed by atoms with van der Waals surface area (Å²) in [5, 5.41) is 16.2. The number of nitrogens with zero attached hydrogens (tertiary/aromatic N) is 1. The number of carbonyl (C=O) groups excluding carboxylic acids is 1. The van der Waals surface area contributed by atoms with Gasteiger partial charge in [-0.2, -0.15) is 0 Å². The first kappa shape index (κ1) is 22.2. The van der Waals surface area contributed by atoms with Gasteiger partial charge in [-0.25, -0.2) is 9.78 Å². The van der Waals surface area contributed by atoms with Crippen molar-refractivity contribution in [2.24, 2.45) is 0 Å². The maximum Gasteiger partial charge on any atom is 0.326 e. The van der Waals surface area contributed by atoms with Crippen LogP contribution in [0.5, 0.6) is 0 Å². The van der Waals surface area contributed by atoms with Crippen molar-refractivity contribution in [1.29, 1.82) is 0 Å². The molecular weight excluding hydrogens is 434 g/mol. The summed E-state index contributed by atoms with van der Waals surface area (Å²) in [6.07, 6.45) is 0.209. The zero-order chi connectivity index (χ0) is 23.2. The Morgan fingerprint density at radius 2 is 1.67 bits per heavy atom. The number of thiazole rings is 1. The lowest BCUT2D eigenvalue weighted by atomic mass is 10.1. The molecular formula is C26H23N3O3S. The standard InChI is InChI=1S/C26H23N3O3S/c1-17-23(19-11-6-3-7-12-19)29-26(33-17)27-21-14-8-13-20(16-21)24(30)28-22(25(31)32)15-18-9-4-2-5-10-18/h2-14,16,22H,15H2,1H3,(H,27,29)(H,28,30)(H,31,32)/t22-/m0/s1. The van der Waals surface area contributed by atoms with E-state index in [1.165, 1.54) is 11.3 Å². The molecule has 4 aromatic rings. The van der Waals surface area contributed by atoms with Crippen LogP contribution in [0.25, 0.3) is 11.3 Å². The molecule has 4 rings (SSSR count). The van der Waals surface area contributed by atoms with Crippen molar-refractivity contribution >= 4 is 34.0 Å². The third-order valence-electron chi connectivity index (χ3n) is 5.11. The maximum atomic E-state index is 12.8. The first-order chi connectivity index (χ1) is 16.0. The summed E-state index contributed by atoms with van der Waals surface area (Å²) in [4.78, 5) is 30.3. The molecule has 3 aromatic carbocycles. The topological polar surface area (TPSA) is 91.3 Å². The van der Waals surface area contributed by atoms with Gasteiger partial charge in [-0.15, -0.1) is 11.3 Å². The molecule has 0 fully saturated rings. The normalized spacial score (nSPS) is 11.5. The van der Waals surface area contributed by atoms with Gasteiger partial charge in [0.1, 0.15) is 6.04 Å². The third-order valence-corrected chi connectivity index (χ3v) is 5.99. The summed E-state index contributed by atoms with van der Waals surface area (Å²) in [7, 11) is 0. The maximum absolute atomic E-state index is 12.8. The molecule has 1 aromatic heterocycles. The third kappa shape index (κ3) is 5.64. The number of carbonyl (C=O) groups is 2. The van der Waals surface area contributed by atoms with Crippen molar-refractivity contribution in [3.63, 3.8) is 0 Å². The number of amides is 1. The van der Waals surface area contributed by atoms with Gasteiger partial charge in [0.2, 0.25) is 0 Å². The van der Waals surface area contributed by atoms with Gasteiger partial charge in [0.25, 0.3) is 5.91 Å². The largest absolute Gasteiger partial charge is 0.480 e. The van der Waals surface area contributed by atoms with E-state index < -0.39 is 17.9 Å². The number of hydrogen-bond acceptors (Lipinski definition) is 5. The second-order valence-electron chi connectivity index (χ2n) is 7.55. The number of carboxylic acids is 1. The van der Waals surface area contributed by atoms with Crippen LogP contribution < -0.4 is 10.6 Å². The lowest BCUT2D eigenvalue weighted by molar-refractivity contribution is -0.139. The van der Waals surface area contributed by atoms with Crippen molar-refractivity contribution in [2.75, 3.05) is 5.32 Å². The predicted molar refractivity (Wildman–Crippen MR) is 131 cm³/mol. The highest BCUT2D eigenvalue weighted by Crippen LogP contribution is 2.32. The van der Waals surface area contributed by atoms with Gasteiger partial charge in [0.05, 0.1) is 5.69 Å². The summed E-state index contributed by atoms with van der Waals surface area (Å²) in [6.45, 7) is 2.02. The summed E-state index contributed by atoms with van der Waals surface area (Å²) >= 11 is 1.53. The molecule has 7 heteroatoms. The van der Waals surface area contributed by atoms with E-state index in [1.54, 1.807) is 18.2 Å². The Bertz CT molecular complexity index is 1260. The molecule has 0 bridgehead atoms. The number of aromatic nitrogens is 1. The zero-order valence-electron chi connectivity index (χ0n) is 18.0. The number of aryl methyl sites for hydroxylation is 1. The molecule has 33 heavy (non-hydrogen) atoms. The minimum Gasteiger partial charge on any atom is -0.480 e. The molecule has 6 nitrogen and oxygen atoms in total. The van der Waals surface area contributed by atoms with Gasteiger partial charge in [-0.3, -0.25) is 4.79 Å². The van der Waals surface area contributed by atoms with E-state index >= 15 is 0 Å². The van der Waals surface area contributed by atoms with Crippen LogP contribution in [-0.4, -0.2) is 28.0 Å². The Labute approximate surface area is 196 Å². The fraction of sp³-hybridized carbons (Fsp3) is 0.115. The Morgan fingerprint density at radius 3 is 2.36 bits per heavy atom. The second kappa shape index (κ2) is 10.1. The van der Waals surface area contributed by atoms with Gasteiger partial charge < -0.3 is 15.7 Å². The molecule has 3 N–H and O–H groups in total. The molecule has 1 atom stereocenters. The Morgan fingerprint density at radius 1 is 0.970 bits per heavy atom. The number of aliphatic carboxylic acids is 1. The molecule has 1 amide bonds. The Kier molecular flexibility index (Phi) is 6.80. The quantitative estimate of drug-likeness (QED) is 0.335. The average Bonchev–Trinajstić information content (AvgIpc) is 3.19. The molecule has 0 radical (unpaired) electrons. The zero-order valence-corrected chi connectivity index (χ0v) is 18.8. The van der Waals surface area contributed by atoms with Crippen LogP contribution in [0.2, 0.25) is 0 Å². The summed E-state index contributed by atoms with van der Waals surface area (Å²) < 4.78 is 0. The van der Waals surface area contributed by atoms with Crippen molar-refractivity contribution in [1.82, 2.24) is 10.3 Å². The fourth-order valence-electron chi connectivity index (χ4n) is 3.47. The molecule has 0 saturated heterocycles. The first-order valence-corrected chi connectivity index (χ1v) is 11.3. The van der Waals surface area contributed by atoms with E-state index in [1.807, 2.05) is 73.7 Å². The average molecular weight is 458 g/mol. The molecule has 166 valence electrons. The van der Waals surface area contributed by atoms with Crippen molar-refractivity contribution in [2.45, 2.75) is 19.4 Å². The van der Waals surface area contributed by atoms with Crippen molar-refractivity contribution in [3.8, 4) is 11.3 Å². The second-order valence-corrected chi connectivity index (χ2v) is 8.75. The molecule has 0 aliphatic rings. The van der Waals surface area contributed by atoms with Gasteiger partial charge >= 0.3 is 5.97 Å². The van der Waals surface area contributed by atoms with Crippen LogP contribution >= 0.6 is 11.3 Å². The van der Waals surface area contributed by atoms with Crippen LogP contribution in [0, 0.1) is 6.92 Å². The SMILES string of the molecule is Cc1sc(Nc2cccc(C(=O)N[C@@H](Cc3ccccc3)C(=O)O)c2)nc1-c1ccccc1. The van der Waals surface area contributed by atoms with E-state index in [-0.39, 0.29) is 6.42 Å². The van der Waals surface area contributed by atoms with Crippen LogP contribution in [0.4, 0.5) is 10.8 Å². The number of benzene rings is 3. The lowest BCUT2D eigenvalue weighted by Gasteiger charge is -2.15. The number of hydrogen-bond donors (Lipinski definition) is 3. The van der Waals surface area contributed by atoms with E-state index in [0.29, 0.717) is 11.3 Å². The monoisotopic (exact) mass is 457 g/mol. The summed E-state index contributed by atoms with van der Waals surface area (Å²) in [6, 6.07) is 25.1. The van der Waals surface area contributed by atoms with Crippen LogP contribution in [0.1, 0.15) is 20.8 Å². The summed E-state index contributed by atoms with van der Waals surface area (Å²) in [5.74, 6) is -1.52. The number of rotatable bonds is 8. The number of anilines is 2. The van der Waals surface area contributed by atoms with Crippen molar-refractivity contribution in [3.05, 3.63) is 101 Å². The molecule has 0 saturated carbocycles. The van der Waals surface area contributed by atoms with E-state index in [9.17, 15) is 14.7 Å². The van der Waals surface area contributed by atoms with Crippen molar-refractivity contribution < 1.29 is 14.7 Å². The molecule has 1 heterocycles. The highest BCUT2D eigenvalue weighted by Gasteiger charge is 2.21. The van der Waals surface area contributed by atoms with Gasteiger partial charge in [-0.05, 0) is 30.7 Å². The smallest absolute Gasteiger partial charge is 0.326 e. The minimum absolute atomic E-state index is 0.209. The summed E-state index contributed by atoms with van der Waals surface area (Å²) in [5.41, 5.74) is 3.88. The van der Waals surface area contributed by atoms with Crippen LogP contribution in [-0.2, 0) is 11.2 Å². The molecule has 0 spiro atoms. The van der Waals surface area contributed by atoms with Crippen LogP contribution in [0.15, 0.2) is 84.9 Å². The molecule has 0 unspecified atom stereocenters. The van der Waals surface area contributed by atoms with Gasteiger partial charge in [0.15, 0.2) is 5.13 Å². The Balaban J connectivity index is 1.47. The van der Waals surface area contributed by atoms with E-state index in [0.717, 1.165) is 26.8 Å². The van der Waals surface area contributed by atoms with E-state index in [2.05, 4.69) is 10.6 Å². The Hall–Kier alpha value is -3.97. The number of carboxylic acid groups (broad SMARTS) is 1. The lowest BCUT2D eigenvalue weighted by Crippen LogP contribution is -2.42. The predicted octanol–water partition coefficient (Wildman–Crippen LogP) is 5.29. The first-order valence-electron chi connectivity index (χ1n) is 10.5. The van der Waals surface area contributed by atoms with Gasteiger partial charge in [0, 0.05) is 28.1 Å². The minimum atomic E-state index is -1.08. The molecule has 0 aliphatic heterocycles. The number of nitrogens with one attached hydrogen (secondary N) is 2.